The fourth-order valence-electron chi connectivity index (χ4n) is 1.99. The van der Waals surface area contributed by atoms with Crippen LogP contribution in [-0.2, 0) is 0 Å². The van der Waals surface area contributed by atoms with Gasteiger partial charge in [-0.15, -0.1) is 0 Å². The number of thioether (sulfide) groups is 1. The van der Waals surface area contributed by atoms with Crippen molar-refractivity contribution in [2.24, 2.45) is 11.7 Å². The van der Waals surface area contributed by atoms with Crippen molar-refractivity contribution < 1.29 is 0 Å². The fourth-order valence-corrected chi connectivity index (χ4v) is 3.18. The van der Waals surface area contributed by atoms with Gasteiger partial charge in [-0.05, 0) is 38.5 Å². The lowest BCUT2D eigenvalue weighted by molar-refractivity contribution is 0.356. The lowest BCUT2D eigenvalue weighted by Gasteiger charge is -2.27. The highest BCUT2D eigenvalue weighted by atomic mass is 32.2. The van der Waals surface area contributed by atoms with Gasteiger partial charge in [-0.25, -0.2) is 0 Å². The summed E-state index contributed by atoms with van der Waals surface area (Å²) in [5, 5.41) is 0.911. The van der Waals surface area contributed by atoms with Crippen LogP contribution in [0.2, 0.25) is 0 Å². The molecular weight excluding hydrogens is 178 g/mol. The summed E-state index contributed by atoms with van der Waals surface area (Å²) in [6.45, 7) is 4.42. The van der Waals surface area contributed by atoms with Gasteiger partial charge in [0.15, 0.2) is 0 Å². The maximum absolute atomic E-state index is 5.74. The molecule has 1 unspecified atom stereocenters. The predicted octanol–water partition coefficient (Wildman–Crippen LogP) is 3.04. The van der Waals surface area contributed by atoms with Gasteiger partial charge in [0.2, 0.25) is 0 Å². The monoisotopic (exact) mass is 201 g/mol. The van der Waals surface area contributed by atoms with Gasteiger partial charge in [-0.1, -0.05) is 13.3 Å². The average molecular weight is 201 g/mol. The molecule has 0 amide bonds. The second-order valence-corrected chi connectivity index (χ2v) is 5.69. The minimum absolute atomic E-state index is 0.369. The first-order valence-corrected chi connectivity index (χ1v) is 6.64. The molecule has 0 aromatic rings. The van der Waals surface area contributed by atoms with Gasteiger partial charge in [0.05, 0.1) is 0 Å². The van der Waals surface area contributed by atoms with Crippen LogP contribution in [0.15, 0.2) is 0 Å². The molecule has 0 radical (unpaired) electrons. The third-order valence-corrected chi connectivity index (χ3v) is 4.63. The lowest BCUT2D eigenvalue weighted by atomic mass is 9.87. The van der Waals surface area contributed by atoms with Crippen LogP contribution < -0.4 is 5.73 Å². The van der Waals surface area contributed by atoms with Gasteiger partial charge in [-0.3, -0.25) is 0 Å². The first kappa shape index (κ1) is 11.4. The Labute approximate surface area is 86.8 Å². The summed E-state index contributed by atoms with van der Waals surface area (Å²) in [5.74, 6) is 2.16. The Balaban J connectivity index is 2.10. The molecule has 1 aliphatic carbocycles. The van der Waals surface area contributed by atoms with E-state index >= 15 is 0 Å². The molecule has 0 aromatic heterocycles. The van der Waals surface area contributed by atoms with E-state index in [1.54, 1.807) is 0 Å². The second-order valence-electron chi connectivity index (χ2n) is 4.36. The minimum Gasteiger partial charge on any atom is -0.327 e. The molecule has 0 spiro atoms. The molecule has 1 fully saturated rings. The van der Waals surface area contributed by atoms with Crippen molar-refractivity contribution in [3.8, 4) is 0 Å². The molecule has 0 bridgehead atoms. The number of hydrogen-bond donors (Lipinski definition) is 1. The van der Waals surface area contributed by atoms with Crippen LogP contribution in [0.3, 0.4) is 0 Å². The van der Waals surface area contributed by atoms with Crippen LogP contribution in [-0.4, -0.2) is 17.0 Å². The van der Waals surface area contributed by atoms with E-state index in [-0.39, 0.29) is 0 Å². The Bertz CT molecular complexity index is 128. The molecule has 2 heteroatoms. The van der Waals surface area contributed by atoms with E-state index in [0.29, 0.717) is 6.04 Å². The standard InChI is InChI=1S/C11H23NS/c1-3-10-4-6-11(7-5-10)13-8-9(2)12/h9-11H,3-8,12H2,1-2H3. The van der Waals surface area contributed by atoms with E-state index in [9.17, 15) is 0 Å². The Morgan fingerprint density at radius 1 is 1.31 bits per heavy atom. The van der Waals surface area contributed by atoms with E-state index in [1.165, 1.54) is 32.1 Å². The summed E-state index contributed by atoms with van der Waals surface area (Å²) in [4.78, 5) is 0. The van der Waals surface area contributed by atoms with Crippen molar-refractivity contribution in [2.75, 3.05) is 5.75 Å². The van der Waals surface area contributed by atoms with Gasteiger partial charge in [0.25, 0.3) is 0 Å². The Kier molecular flexibility index (Phi) is 5.18. The van der Waals surface area contributed by atoms with Crippen LogP contribution >= 0.6 is 11.8 Å². The quantitative estimate of drug-likeness (QED) is 0.756. The molecule has 0 aromatic carbocycles. The van der Waals surface area contributed by atoms with Crippen LogP contribution in [0.25, 0.3) is 0 Å². The molecule has 1 rings (SSSR count). The number of nitrogens with two attached hydrogens (primary N) is 1. The zero-order chi connectivity index (χ0) is 9.68. The molecule has 78 valence electrons. The predicted molar refractivity (Wildman–Crippen MR) is 62.1 cm³/mol. The molecular formula is C11H23NS. The van der Waals surface area contributed by atoms with Crippen LogP contribution in [0.4, 0.5) is 0 Å². The smallest absolute Gasteiger partial charge is 0.0102 e. The summed E-state index contributed by atoms with van der Waals surface area (Å²) < 4.78 is 0. The first-order valence-electron chi connectivity index (χ1n) is 5.59. The second kappa shape index (κ2) is 5.92. The zero-order valence-electron chi connectivity index (χ0n) is 8.96. The highest BCUT2D eigenvalue weighted by molar-refractivity contribution is 7.99. The molecule has 0 aliphatic heterocycles. The van der Waals surface area contributed by atoms with Crippen molar-refractivity contribution in [3.05, 3.63) is 0 Å². The molecule has 1 nitrogen and oxygen atoms in total. The summed E-state index contributed by atoms with van der Waals surface area (Å²) in [7, 11) is 0. The van der Waals surface area contributed by atoms with E-state index in [1.807, 2.05) is 0 Å². The summed E-state index contributed by atoms with van der Waals surface area (Å²) in [6.07, 6.45) is 7.14. The molecule has 13 heavy (non-hydrogen) atoms. The minimum atomic E-state index is 0.369. The molecule has 1 saturated carbocycles. The van der Waals surface area contributed by atoms with Crippen LogP contribution in [0.1, 0.15) is 46.0 Å². The Morgan fingerprint density at radius 3 is 2.38 bits per heavy atom. The highest BCUT2D eigenvalue weighted by Gasteiger charge is 2.20. The van der Waals surface area contributed by atoms with E-state index in [0.717, 1.165) is 16.9 Å². The van der Waals surface area contributed by atoms with Crippen LogP contribution in [0.5, 0.6) is 0 Å². The normalized spacial score (nSPS) is 31.6. The molecule has 0 heterocycles. The Morgan fingerprint density at radius 2 is 1.92 bits per heavy atom. The lowest BCUT2D eigenvalue weighted by Crippen LogP contribution is -2.22. The average Bonchev–Trinajstić information content (AvgIpc) is 2.15. The van der Waals surface area contributed by atoms with E-state index in [2.05, 4.69) is 25.6 Å². The maximum atomic E-state index is 5.74. The van der Waals surface area contributed by atoms with Gasteiger partial charge in [-0.2, -0.15) is 11.8 Å². The first-order chi connectivity index (χ1) is 6.22. The van der Waals surface area contributed by atoms with Crippen molar-refractivity contribution in [1.29, 1.82) is 0 Å². The molecule has 1 atom stereocenters. The summed E-state index contributed by atoms with van der Waals surface area (Å²) in [5.41, 5.74) is 5.74. The highest BCUT2D eigenvalue weighted by Crippen LogP contribution is 2.33. The fraction of sp³-hybridized carbons (Fsp3) is 1.00. The van der Waals surface area contributed by atoms with Gasteiger partial charge < -0.3 is 5.73 Å². The summed E-state index contributed by atoms with van der Waals surface area (Å²) >= 11 is 2.09. The number of hydrogen-bond acceptors (Lipinski definition) is 2. The topological polar surface area (TPSA) is 26.0 Å². The SMILES string of the molecule is CCC1CCC(SCC(C)N)CC1. The maximum Gasteiger partial charge on any atom is 0.0102 e. The van der Waals surface area contributed by atoms with E-state index in [4.69, 9.17) is 5.73 Å². The third-order valence-electron chi connectivity index (χ3n) is 2.97. The van der Waals surface area contributed by atoms with Gasteiger partial charge in [0, 0.05) is 17.0 Å². The number of rotatable bonds is 4. The van der Waals surface area contributed by atoms with Gasteiger partial charge >= 0.3 is 0 Å². The van der Waals surface area contributed by atoms with Crippen LogP contribution in [0, 0.1) is 5.92 Å². The Hall–Kier alpha value is 0.310. The summed E-state index contributed by atoms with van der Waals surface area (Å²) in [6, 6.07) is 0.369. The molecule has 1 aliphatic rings. The third kappa shape index (κ3) is 4.37. The van der Waals surface area contributed by atoms with E-state index < -0.39 is 0 Å². The molecule has 0 saturated heterocycles. The van der Waals surface area contributed by atoms with Crippen molar-refractivity contribution in [1.82, 2.24) is 0 Å². The van der Waals surface area contributed by atoms with Crippen molar-refractivity contribution in [3.63, 3.8) is 0 Å². The largest absolute Gasteiger partial charge is 0.327 e. The molecule has 2 N–H and O–H groups in total. The zero-order valence-corrected chi connectivity index (χ0v) is 9.78. The van der Waals surface area contributed by atoms with Crippen molar-refractivity contribution in [2.45, 2.75) is 57.2 Å². The van der Waals surface area contributed by atoms with Gasteiger partial charge in [0.1, 0.15) is 0 Å². The van der Waals surface area contributed by atoms with Crippen molar-refractivity contribution >= 4 is 11.8 Å².